The van der Waals surface area contributed by atoms with E-state index >= 15 is 0 Å². The first kappa shape index (κ1) is 12.5. The van der Waals surface area contributed by atoms with Crippen LogP contribution in [0.25, 0.3) is 0 Å². The maximum absolute atomic E-state index is 10.7. The van der Waals surface area contributed by atoms with E-state index in [9.17, 15) is 10.1 Å². The van der Waals surface area contributed by atoms with E-state index in [1.165, 1.54) is 6.33 Å². The number of unbranched alkanes of at least 4 members (excludes halogenated alkanes) is 1. The molecule has 0 aromatic carbocycles. The van der Waals surface area contributed by atoms with Gasteiger partial charge >= 0.3 is 5.82 Å². The van der Waals surface area contributed by atoms with Crippen LogP contribution in [-0.2, 0) is 7.05 Å². The molecule has 0 aliphatic rings. The average molecular weight is 226 g/mol. The molecule has 1 atom stereocenters. The minimum absolute atomic E-state index is 0.106. The molecular formula is C10H18N4O2. The fraction of sp³-hybridized carbons (Fsp3) is 0.700. The highest BCUT2D eigenvalue weighted by molar-refractivity contribution is 5.52. The Balaban J connectivity index is 2.71. The second-order valence-electron chi connectivity index (χ2n) is 3.97. The highest BCUT2D eigenvalue weighted by Gasteiger charge is 2.20. The van der Waals surface area contributed by atoms with Gasteiger partial charge in [-0.1, -0.05) is 19.8 Å². The molecule has 1 aromatic heterocycles. The predicted octanol–water partition coefficient (Wildman–Crippen LogP) is 2.32. The van der Waals surface area contributed by atoms with Crippen LogP contribution in [0.1, 0.15) is 33.1 Å². The van der Waals surface area contributed by atoms with Crippen molar-refractivity contribution in [2.24, 2.45) is 7.05 Å². The quantitative estimate of drug-likeness (QED) is 0.596. The highest BCUT2D eigenvalue weighted by atomic mass is 16.6. The van der Waals surface area contributed by atoms with E-state index in [2.05, 4.69) is 17.2 Å². The number of imidazole rings is 1. The Kier molecular flexibility index (Phi) is 4.28. The van der Waals surface area contributed by atoms with Crippen LogP contribution in [0.15, 0.2) is 6.33 Å². The Morgan fingerprint density at radius 1 is 1.69 bits per heavy atom. The van der Waals surface area contributed by atoms with Gasteiger partial charge in [0, 0.05) is 13.1 Å². The summed E-state index contributed by atoms with van der Waals surface area (Å²) in [5.41, 5.74) is 0. The third-order valence-electron chi connectivity index (χ3n) is 2.46. The zero-order chi connectivity index (χ0) is 12.1. The fourth-order valence-electron chi connectivity index (χ4n) is 1.53. The number of nitrogens with one attached hydrogen (secondary N) is 1. The second kappa shape index (κ2) is 5.48. The van der Waals surface area contributed by atoms with Crippen molar-refractivity contribution in [3.63, 3.8) is 0 Å². The van der Waals surface area contributed by atoms with Gasteiger partial charge in [0.1, 0.15) is 0 Å². The van der Waals surface area contributed by atoms with Crippen LogP contribution >= 0.6 is 0 Å². The summed E-state index contributed by atoms with van der Waals surface area (Å²) >= 11 is 0. The molecule has 1 rings (SSSR count). The molecule has 1 aromatic rings. The molecule has 0 saturated carbocycles. The summed E-state index contributed by atoms with van der Waals surface area (Å²) < 4.78 is 1.64. The molecule has 16 heavy (non-hydrogen) atoms. The number of rotatable bonds is 6. The minimum Gasteiger partial charge on any atom is -0.362 e. The summed E-state index contributed by atoms with van der Waals surface area (Å²) in [5.74, 6) is 0.374. The third-order valence-corrected chi connectivity index (χ3v) is 2.46. The first-order valence-corrected chi connectivity index (χ1v) is 5.48. The molecule has 0 bridgehead atoms. The second-order valence-corrected chi connectivity index (χ2v) is 3.97. The van der Waals surface area contributed by atoms with Crippen molar-refractivity contribution in [2.75, 3.05) is 5.32 Å². The number of aryl methyl sites for hydroxylation is 1. The highest BCUT2D eigenvalue weighted by Crippen LogP contribution is 2.22. The topological polar surface area (TPSA) is 73.0 Å². The maximum atomic E-state index is 10.7. The van der Waals surface area contributed by atoms with Crippen molar-refractivity contribution < 1.29 is 4.92 Å². The Hall–Kier alpha value is -1.59. The average Bonchev–Trinajstić information content (AvgIpc) is 2.58. The molecule has 0 radical (unpaired) electrons. The summed E-state index contributed by atoms with van der Waals surface area (Å²) in [6, 6.07) is 0.217. The van der Waals surface area contributed by atoms with Crippen LogP contribution in [0.4, 0.5) is 11.6 Å². The predicted molar refractivity (Wildman–Crippen MR) is 62.5 cm³/mol. The van der Waals surface area contributed by atoms with Gasteiger partial charge in [-0.15, -0.1) is 0 Å². The van der Waals surface area contributed by atoms with Gasteiger partial charge in [0.2, 0.25) is 12.1 Å². The lowest BCUT2D eigenvalue weighted by Crippen LogP contribution is -2.17. The van der Waals surface area contributed by atoms with Crippen LogP contribution in [0.3, 0.4) is 0 Å². The molecule has 1 N–H and O–H groups in total. The van der Waals surface area contributed by atoms with E-state index in [0.29, 0.717) is 5.82 Å². The smallest absolute Gasteiger partial charge is 0.362 e. The van der Waals surface area contributed by atoms with Gasteiger partial charge in [-0.2, -0.15) is 0 Å². The first-order valence-electron chi connectivity index (χ1n) is 5.48. The van der Waals surface area contributed by atoms with Gasteiger partial charge in [-0.25, -0.2) is 0 Å². The van der Waals surface area contributed by atoms with Crippen LogP contribution < -0.4 is 5.32 Å². The first-order chi connectivity index (χ1) is 7.56. The van der Waals surface area contributed by atoms with E-state index in [0.717, 1.165) is 19.3 Å². The maximum Gasteiger partial charge on any atom is 0.406 e. The van der Waals surface area contributed by atoms with Gasteiger partial charge < -0.3 is 15.4 Å². The Bertz CT molecular complexity index is 362. The molecular weight excluding hydrogens is 208 g/mol. The molecule has 0 aliphatic heterocycles. The number of nitrogens with zero attached hydrogens (tertiary/aromatic N) is 3. The van der Waals surface area contributed by atoms with E-state index in [-0.39, 0.29) is 11.9 Å². The molecule has 1 unspecified atom stereocenters. The molecule has 0 fully saturated rings. The molecule has 0 saturated heterocycles. The molecule has 1 heterocycles. The zero-order valence-corrected chi connectivity index (χ0v) is 9.93. The van der Waals surface area contributed by atoms with Gasteiger partial charge in [-0.05, 0) is 23.3 Å². The van der Waals surface area contributed by atoms with Gasteiger partial charge in [-0.3, -0.25) is 4.57 Å². The molecule has 0 spiro atoms. The summed E-state index contributed by atoms with van der Waals surface area (Å²) in [6.45, 7) is 4.14. The van der Waals surface area contributed by atoms with Crippen molar-refractivity contribution in [1.82, 2.24) is 9.55 Å². The van der Waals surface area contributed by atoms with Crippen LogP contribution in [0, 0.1) is 10.1 Å². The number of anilines is 1. The van der Waals surface area contributed by atoms with Crippen LogP contribution in [0.5, 0.6) is 0 Å². The summed E-state index contributed by atoms with van der Waals surface area (Å²) in [6.07, 6.45) is 4.69. The Labute approximate surface area is 94.8 Å². The lowest BCUT2D eigenvalue weighted by molar-refractivity contribution is -0.388. The van der Waals surface area contributed by atoms with Crippen LogP contribution in [-0.4, -0.2) is 20.5 Å². The SMILES string of the molecule is CCCCC(C)Nc1c([N+](=O)[O-])ncn1C. The van der Waals surface area contributed by atoms with Crippen molar-refractivity contribution in [3.05, 3.63) is 16.4 Å². The van der Waals surface area contributed by atoms with E-state index in [4.69, 9.17) is 0 Å². The molecule has 0 aliphatic carbocycles. The number of hydrogen-bond donors (Lipinski definition) is 1. The Morgan fingerprint density at radius 3 is 2.94 bits per heavy atom. The summed E-state index contributed by atoms with van der Waals surface area (Å²) in [4.78, 5) is 14.0. The normalized spacial score (nSPS) is 12.4. The lowest BCUT2D eigenvalue weighted by atomic mass is 10.1. The van der Waals surface area contributed by atoms with Gasteiger partial charge in [0.05, 0.1) is 0 Å². The standard InChI is InChI=1S/C10H18N4O2/c1-4-5-6-8(2)12-10-9(14(15)16)11-7-13(10)3/h7-8,12H,4-6H2,1-3H3. The monoisotopic (exact) mass is 226 g/mol. The van der Waals surface area contributed by atoms with Gasteiger partial charge in [0.15, 0.2) is 0 Å². The molecule has 90 valence electrons. The summed E-state index contributed by atoms with van der Waals surface area (Å²) in [7, 11) is 1.74. The van der Waals surface area contributed by atoms with Crippen molar-refractivity contribution in [1.29, 1.82) is 0 Å². The van der Waals surface area contributed by atoms with E-state index in [1.807, 2.05) is 6.92 Å². The number of nitro groups is 1. The lowest BCUT2D eigenvalue weighted by Gasteiger charge is -2.13. The Morgan fingerprint density at radius 2 is 2.38 bits per heavy atom. The number of hydrogen-bond acceptors (Lipinski definition) is 4. The summed E-state index contributed by atoms with van der Waals surface area (Å²) in [5, 5.41) is 13.9. The number of aromatic nitrogens is 2. The molecule has 0 amide bonds. The van der Waals surface area contributed by atoms with Crippen molar-refractivity contribution >= 4 is 11.6 Å². The minimum atomic E-state index is -0.463. The van der Waals surface area contributed by atoms with E-state index in [1.54, 1.807) is 11.6 Å². The van der Waals surface area contributed by atoms with E-state index < -0.39 is 4.92 Å². The fourth-order valence-corrected chi connectivity index (χ4v) is 1.53. The third kappa shape index (κ3) is 2.95. The molecule has 6 nitrogen and oxygen atoms in total. The van der Waals surface area contributed by atoms with Crippen molar-refractivity contribution in [2.45, 2.75) is 39.2 Å². The van der Waals surface area contributed by atoms with Crippen LogP contribution in [0.2, 0.25) is 0 Å². The van der Waals surface area contributed by atoms with Crippen molar-refractivity contribution in [3.8, 4) is 0 Å². The zero-order valence-electron chi connectivity index (χ0n) is 9.93. The van der Waals surface area contributed by atoms with Gasteiger partial charge in [0.25, 0.3) is 0 Å². The molecule has 6 heteroatoms. The largest absolute Gasteiger partial charge is 0.406 e.